The van der Waals surface area contributed by atoms with E-state index in [9.17, 15) is 9.18 Å². The molecule has 6 rings (SSSR count). The van der Waals surface area contributed by atoms with Crippen LogP contribution in [0.4, 0.5) is 10.1 Å². The molecule has 0 unspecified atom stereocenters. The molecule has 2 aliphatic rings. The molecule has 41 heavy (non-hydrogen) atoms. The zero-order valence-electron chi connectivity index (χ0n) is 22.8. The Hall–Kier alpha value is -4.15. The van der Waals surface area contributed by atoms with Gasteiger partial charge in [0.15, 0.2) is 5.82 Å². The molecular weight excluding hydrogens is 525 g/mol. The number of ether oxygens (including phenoxy) is 3. The summed E-state index contributed by atoms with van der Waals surface area (Å²) in [5.74, 6) is -0.123. The minimum atomic E-state index is -0.889. The van der Waals surface area contributed by atoms with Gasteiger partial charge in [-0.3, -0.25) is 4.79 Å². The molecule has 1 amide bonds. The van der Waals surface area contributed by atoms with Crippen molar-refractivity contribution in [3.8, 4) is 28.7 Å². The molecule has 4 aromatic rings. The van der Waals surface area contributed by atoms with Gasteiger partial charge < -0.3 is 24.5 Å². The van der Waals surface area contributed by atoms with Crippen LogP contribution >= 0.6 is 0 Å². The predicted octanol–water partition coefficient (Wildman–Crippen LogP) is 6.07. The van der Waals surface area contributed by atoms with Crippen molar-refractivity contribution in [2.75, 3.05) is 18.5 Å². The molecule has 0 spiro atoms. The maximum absolute atomic E-state index is 13.7. The number of rotatable bonds is 7. The summed E-state index contributed by atoms with van der Waals surface area (Å²) >= 11 is 0. The normalized spacial score (nSPS) is 21.4. The Kier molecular flexibility index (Phi) is 7.76. The molecule has 1 saturated heterocycles. The third-order valence-electron chi connectivity index (χ3n) is 7.46. The van der Waals surface area contributed by atoms with E-state index < -0.39 is 11.7 Å². The number of hydrogen-bond donors (Lipinski definition) is 2. The molecule has 2 N–H and O–H groups in total. The maximum atomic E-state index is 13.7. The van der Waals surface area contributed by atoms with Gasteiger partial charge in [-0.1, -0.05) is 24.6 Å². The van der Waals surface area contributed by atoms with Gasteiger partial charge in [0.2, 0.25) is 12.2 Å². The minimum absolute atomic E-state index is 0.102. The number of imidazole rings is 1. The van der Waals surface area contributed by atoms with Crippen LogP contribution in [-0.2, 0) is 14.3 Å². The van der Waals surface area contributed by atoms with Crippen LogP contribution in [0.25, 0.3) is 22.6 Å². The van der Waals surface area contributed by atoms with Crippen molar-refractivity contribution in [1.82, 2.24) is 19.9 Å². The summed E-state index contributed by atoms with van der Waals surface area (Å²) in [7, 11) is 0. The van der Waals surface area contributed by atoms with E-state index >= 15 is 0 Å². The van der Waals surface area contributed by atoms with Gasteiger partial charge in [-0.2, -0.15) is 4.98 Å². The fraction of sp³-hybridized carbons (Fsp3) is 0.355. The Bertz CT molecular complexity index is 1480. The summed E-state index contributed by atoms with van der Waals surface area (Å²) < 4.78 is 31.9. The van der Waals surface area contributed by atoms with Crippen LogP contribution < -0.4 is 10.1 Å². The van der Waals surface area contributed by atoms with Crippen molar-refractivity contribution in [2.24, 2.45) is 5.41 Å². The summed E-state index contributed by atoms with van der Waals surface area (Å²) in [6.45, 7) is 2.06. The standard InChI is InChI=1S/C31H32FN5O4/c1-31(29(38)34-22-8-4-2-5-9-22)18-39-28(40-19-31)27-36-25(20-12-14-21(32)15-13-20)26(37-27)24-16-17-33-30(35-24)41-23-10-6-3-7-11-23/h2,4-5,8-9,12-17,23,28H,3,6-7,10-11,18-19H2,1H3,(H,34,38)(H,36,37). The maximum Gasteiger partial charge on any atom is 0.317 e. The number of aromatic nitrogens is 4. The second kappa shape index (κ2) is 11.8. The summed E-state index contributed by atoms with van der Waals surface area (Å²) in [6.07, 6.45) is 6.39. The largest absolute Gasteiger partial charge is 0.460 e. The highest BCUT2D eigenvalue weighted by atomic mass is 19.1. The topological polar surface area (TPSA) is 111 Å². The number of hydrogen-bond acceptors (Lipinski definition) is 7. The average molecular weight is 558 g/mol. The first kappa shape index (κ1) is 27.0. The lowest BCUT2D eigenvalue weighted by atomic mass is 9.91. The van der Waals surface area contributed by atoms with Crippen LogP contribution in [0.1, 0.15) is 51.1 Å². The van der Waals surface area contributed by atoms with E-state index in [0.29, 0.717) is 40.2 Å². The third-order valence-corrected chi connectivity index (χ3v) is 7.46. The monoisotopic (exact) mass is 557 g/mol. The molecule has 0 atom stereocenters. The first-order chi connectivity index (χ1) is 20.0. The van der Waals surface area contributed by atoms with Crippen LogP contribution in [0, 0.1) is 11.2 Å². The third kappa shape index (κ3) is 6.13. The van der Waals surface area contributed by atoms with Gasteiger partial charge in [-0.15, -0.1) is 0 Å². The highest BCUT2D eigenvalue weighted by molar-refractivity contribution is 5.95. The van der Waals surface area contributed by atoms with Crippen molar-refractivity contribution < 1.29 is 23.4 Å². The predicted molar refractivity (Wildman–Crippen MR) is 150 cm³/mol. The number of halogens is 1. The van der Waals surface area contributed by atoms with Crippen molar-refractivity contribution in [1.29, 1.82) is 0 Å². The molecular formula is C31H32FN5O4. The van der Waals surface area contributed by atoms with E-state index in [1.807, 2.05) is 30.3 Å². The van der Waals surface area contributed by atoms with Gasteiger partial charge in [0.1, 0.15) is 11.9 Å². The molecule has 10 heteroatoms. The minimum Gasteiger partial charge on any atom is -0.460 e. The lowest BCUT2D eigenvalue weighted by Gasteiger charge is -2.35. The molecule has 1 aliphatic heterocycles. The van der Waals surface area contributed by atoms with Gasteiger partial charge >= 0.3 is 6.01 Å². The summed E-state index contributed by atoms with van der Waals surface area (Å²) in [6, 6.07) is 17.4. The average Bonchev–Trinajstić information content (AvgIpc) is 3.45. The number of amides is 1. The van der Waals surface area contributed by atoms with Gasteiger partial charge in [-0.25, -0.2) is 14.4 Å². The number of anilines is 1. The van der Waals surface area contributed by atoms with E-state index in [4.69, 9.17) is 19.2 Å². The molecule has 0 bridgehead atoms. The molecule has 2 aromatic heterocycles. The van der Waals surface area contributed by atoms with E-state index in [1.165, 1.54) is 18.6 Å². The molecule has 9 nitrogen and oxygen atoms in total. The fourth-order valence-corrected chi connectivity index (χ4v) is 5.08. The molecule has 0 radical (unpaired) electrons. The Morgan fingerprint density at radius 3 is 2.46 bits per heavy atom. The highest BCUT2D eigenvalue weighted by Gasteiger charge is 2.41. The quantitative estimate of drug-likeness (QED) is 0.284. The second-order valence-corrected chi connectivity index (χ2v) is 10.8. The number of carbonyl (C=O) groups excluding carboxylic acids is 1. The van der Waals surface area contributed by atoms with Gasteiger partial charge in [0, 0.05) is 17.4 Å². The van der Waals surface area contributed by atoms with Crippen LogP contribution in [0.15, 0.2) is 66.9 Å². The summed E-state index contributed by atoms with van der Waals surface area (Å²) in [4.78, 5) is 30.1. The van der Waals surface area contributed by atoms with Crippen LogP contribution in [0.3, 0.4) is 0 Å². The van der Waals surface area contributed by atoms with Gasteiger partial charge in [0.25, 0.3) is 0 Å². The van der Waals surface area contributed by atoms with Crippen LogP contribution in [0.2, 0.25) is 0 Å². The first-order valence-electron chi connectivity index (χ1n) is 13.9. The molecule has 212 valence electrons. The Morgan fingerprint density at radius 2 is 1.73 bits per heavy atom. The van der Waals surface area contributed by atoms with Gasteiger partial charge in [-0.05, 0) is 75.1 Å². The fourth-order valence-electron chi connectivity index (χ4n) is 5.08. The van der Waals surface area contributed by atoms with E-state index in [2.05, 4.69) is 20.3 Å². The summed E-state index contributed by atoms with van der Waals surface area (Å²) in [5, 5.41) is 2.92. The number of para-hydroxylation sites is 1. The number of nitrogens with one attached hydrogen (secondary N) is 2. The molecule has 1 saturated carbocycles. The van der Waals surface area contributed by atoms with E-state index in [-0.39, 0.29) is 31.0 Å². The van der Waals surface area contributed by atoms with Crippen molar-refractivity contribution in [3.05, 3.63) is 78.5 Å². The SMILES string of the molecule is CC1(C(=O)Nc2ccccc2)COC(c2nc(-c3ccc(F)cc3)c(-c3ccnc(OC4CCCCC4)n3)[nH]2)OC1. The molecule has 1 aliphatic carbocycles. The number of nitrogens with zero attached hydrogens (tertiary/aromatic N) is 3. The Balaban J connectivity index is 1.24. The summed E-state index contributed by atoms with van der Waals surface area (Å²) in [5.41, 5.74) is 2.25. The smallest absolute Gasteiger partial charge is 0.317 e. The highest BCUT2D eigenvalue weighted by Crippen LogP contribution is 2.36. The lowest BCUT2D eigenvalue weighted by molar-refractivity contribution is -0.229. The number of benzene rings is 2. The zero-order valence-corrected chi connectivity index (χ0v) is 22.8. The second-order valence-electron chi connectivity index (χ2n) is 10.8. The van der Waals surface area contributed by atoms with Gasteiger partial charge in [0.05, 0.1) is 35.7 Å². The van der Waals surface area contributed by atoms with E-state index in [1.54, 1.807) is 31.3 Å². The van der Waals surface area contributed by atoms with Crippen molar-refractivity contribution in [3.63, 3.8) is 0 Å². The molecule has 2 aromatic carbocycles. The number of H-pyrrole nitrogens is 1. The lowest BCUT2D eigenvalue weighted by Crippen LogP contribution is -2.45. The Morgan fingerprint density at radius 1 is 1.00 bits per heavy atom. The zero-order chi connectivity index (χ0) is 28.2. The first-order valence-corrected chi connectivity index (χ1v) is 13.9. The van der Waals surface area contributed by atoms with Crippen LogP contribution in [0.5, 0.6) is 6.01 Å². The van der Waals surface area contributed by atoms with E-state index in [0.717, 1.165) is 25.7 Å². The number of carbonyl (C=O) groups is 1. The Labute approximate surface area is 237 Å². The molecule has 2 fully saturated rings. The van der Waals surface area contributed by atoms with Crippen molar-refractivity contribution >= 4 is 11.6 Å². The molecule has 3 heterocycles. The number of aromatic amines is 1. The van der Waals surface area contributed by atoms with Crippen molar-refractivity contribution in [2.45, 2.75) is 51.4 Å². The van der Waals surface area contributed by atoms with Crippen LogP contribution in [-0.4, -0.2) is 45.2 Å².